The third-order valence-electron chi connectivity index (χ3n) is 19.6. The summed E-state index contributed by atoms with van der Waals surface area (Å²) in [7, 11) is 0. The van der Waals surface area contributed by atoms with E-state index in [9.17, 15) is 71.5 Å². The van der Waals surface area contributed by atoms with Crippen LogP contribution < -0.4 is 0 Å². The quantitative estimate of drug-likeness (QED) is 0.0919. The van der Waals surface area contributed by atoms with Crippen LogP contribution in [0, 0.1) is 46.3 Å². The van der Waals surface area contributed by atoms with E-state index in [0.717, 1.165) is 5.57 Å². The van der Waals surface area contributed by atoms with Gasteiger partial charge in [0.25, 0.3) is 0 Å². The highest BCUT2D eigenvalue weighted by Gasteiger charge is 2.73. The number of fused-ring (bicyclic) bond motifs is 7. The van der Waals surface area contributed by atoms with Gasteiger partial charge in [-0.05, 0) is 69.1 Å². The summed E-state index contributed by atoms with van der Waals surface area (Å²) in [6.45, 7) is 7.76. The molecule has 6 heterocycles. The molecule has 0 amide bonds. The van der Waals surface area contributed by atoms with Crippen molar-refractivity contribution in [3.05, 3.63) is 11.6 Å². The van der Waals surface area contributed by atoms with Gasteiger partial charge in [-0.15, -0.1) is 0 Å². The molecule has 0 aromatic rings. The Morgan fingerprint density at radius 1 is 0.649 bits per heavy atom. The zero-order chi connectivity index (χ0) is 53.2. The fraction of sp³-hybridized carbons (Fsp3) is 0.960. The van der Waals surface area contributed by atoms with Crippen LogP contribution in [0.15, 0.2) is 11.6 Å². The summed E-state index contributed by atoms with van der Waals surface area (Å²) in [5.41, 5.74) is -0.338. The van der Waals surface area contributed by atoms with Gasteiger partial charge in [-0.25, -0.2) is 0 Å². The van der Waals surface area contributed by atoms with Crippen LogP contribution in [0.25, 0.3) is 0 Å². The lowest BCUT2D eigenvalue weighted by molar-refractivity contribution is -0.393. The minimum absolute atomic E-state index is 0.00507. The first-order valence-corrected chi connectivity index (χ1v) is 26.6. The van der Waals surface area contributed by atoms with Gasteiger partial charge in [0.1, 0.15) is 85.5 Å². The molecule has 6 aliphatic heterocycles. The average molecular weight is 1070 g/mol. The molecule has 6 saturated heterocycles. The molecule has 3 saturated carbocycles. The van der Waals surface area contributed by atoms with Crippen molar-refractivity contribution in [2.45, 2.75) is 226 Å². The maximum absolute atomic E-state index is 11.9. The first-order chi connectivity index (χ1) is 35.0. The summed E-state index contributed by atoms with van der Waals surface area (Å²) in [5, 5.41) is 153. The molecule has 0 aromatic carbocycles. The van der Waals surface area contributed by atoms with Crippen molar-refractivity contribution in [2.24, 2.45) is 46.3 Å². The standard InChI is InChI=1S/C50H80O24/c1-17-14-67-50(43(64)31(17)54)25(15-65-44-39(62)36(59)32(55)18(2)68-44)30-27(74-50)12-24-22-7-6-20-10-21(52)11-29(49(20,5)23(22)8-9-48(24,30)4)71-47-42(73-46-40(63)37(60)33(56)19(3)69-46)41(35(58)28(13-51)70-47)72-45-38(61)34(57)26(53)16-66-45/h6,17-19,21-47,51-64H,7-16H2,1-5H3/t17-,18+,19-,21+,22+,23-,24-,25-,26+,27-,28+,29+,30-,31-,32-,33-,34-,35+,36-,37+,38+,39+,40+,41-,42+,43-,44+,45-,46-,47-,48-,49-,50-/m0/s1. The van der Waals surface area contributed by atoms with Gasteiger partial charge in [-0.2, -0.15) is 0 Å². The molecule has 10 aliphatic rings. The predicted octanol–water partition coefficient (Wildman–Crippen LogP) is -4.41. The lowest BCUT2D eigenvalue weighted by atomic mass is 9.46. The molecule has 424 valence electrons. The van der Waals surface area contributed by atoms with Crippen molar-refractivity contribution < 1.29 is 119 Å². The number of allylic oxidation sites excluding steroid dienone is 1. The number of hydrogen-bond donors (Lipinski definition) is 14. The largest absolute Gasteiger partial charge is 0.394 e. The molecule has 33 atom stereocenters. The Balaban J connectivity index is 0.952. The van der Waals surface area contributed by atoms with Gasteiger partial charge >= 0.3 is 0 Å². The number of aliphatic hydroxyl groups is 14. The molecule has 14 N–H and O–H groups in total. The van der Waals surface area contributed by atoms with E-state index in [2.05, 4.69) is 19.9 Å². The molecule has 4 aliphatic carbocycles. The van der Waals surface area contributed by atoms with E-state index in [4.69, 9.17) is 47.4 Å². The van der Waals surface area contributed by atoms with Gasteiger partial charge < -0.3 is 119 Å². The molecular formula is C50H80O24. The molecule has 10 rings (SSSR count). The van der Waals surface area contributed by atoms with Crippen LogP contribution in [0.5, 0.6) is 0 Å². The van der Waals surface area contributed by atoms with Crippen LogP contribution >= 0.6 is 0 Å². The first kappa shape index (κ1) is 56.1. The SMILES string of the molecule is C[C@@H]1O[C@@H](O[C@H]2[C@H](O[C@@H]3C[C@H](O)CC4=CC[C@H]5[C@@H]6C[C@@H]7O[C@@]8(OC[C@H](C)[C@H](O)[C@@H]8O)[C@@H](CO[C@@H]8O[C@H](C)[C@H](O)[C@H](O)[C@H]8O)[C@@H]7[C@@]6(C)CC[C@@H]5[C@]43C)O[C@H](CO)[C@@H](O)[C@@H]2O[C@@H]2OC[C@@H](O)[C@H](O)[C@H]2O)[C@H](O)[C@H](O)[C@H]1O. The highest BCUT2D eigenvalue weighted by molar-refractivity contribution is 5.29. The van der Waals surface area contributed by atoms with Gasteiger partial charge in [0.15, 0.2) is 25.2 Å². The van der Waals surface area contributed by atoms with Crippen molar-refractivity contribution >= 4 is 0 Å². The van der Waals surface area contributed by atoms with Gasteiger partial charge in [0.2, 0.25) is 5.79 Å². The maximum Gasteiger partial charge on any atom is 0.202 e. The van der Waals surface area contributed by atoms with E-state index < -0.39 is 189 Å². The van der Waals surface area contributed by atoms with Gasteiger partial charge in [0, 0.05) is 29.6 Å². The zero-order valence-electron chi connectivity index (χ0n) is 42.3. The molecule has 1 spiro atoms. The Morgan fingerprint density at radius 3 is 1.99 bits per heavy atom. The summed E-state index contributed by atoms with van der Waals surface area (Å²) in [6, 6.07) is 0. The second-order valence-electron chi connectivity index (χ2n) is 23.7. The predicted molar refractivity (Wildman–Crippen MR) is 245 cm³/mol. The summed E-state index contributed by atoms with van der Waals surface area (Å²) >= 11 is 0. The minimum Gasteiger partial charge on any atom is -0.394 e. The normalized spacial score (nSPS) is 58.6. The Bertz CT molecular complexity index is 1990. The summed E-state index contributed by atoms with van der Waals surface area (Å²) in [5.74, 6) is -3.20. The Morgan fingerprint density at radius 2 is 1.30 bits per heavy atom. The van der Waals surface area contributed by atoms with Crippen LogP contribution in [-0.4, -0.2) is 251 Å². The Hall–Kier alpha value is -1.22. The monoisotopic (exact) mass is 1060 g/mol. The van der Waals surface area contributed by atoms with Gasteiger partial charge in [0.05, 0.1) is 63.1 Å². The average Bonchev–Trinajstić information content (AvgIpc) is 3.85. The lowest BCUT2D eigenvalue weighted by Gasteiger charge is -2.61. The highest BCUT2D eigenvalue weighted by Crippen LogP contribution is 2.71. The molecule has 9 fully saturated rings. The summed E-state index contributed by atoms with van der Waals surface area (Å²) < 4.78 is 62.8. The first-order valence-electron chi connectivity index (χ1n) is 26.6. The number of hydrogen-bond acceptors (Lipinski definition) is 24. The minimum atomic E-state index is -1.85. The van der Waals surface area contributed by atoms with Crippen molar-refractivity contribution in [2.75, 3.05) is 26.4 Å². The van der Waals surface area contributed by atoms with Crippen molar-refractivity contribution in [1.29, 1.82) is 0 Å². The molecule has 74 heavy (non-hydrogen) atoms. The topological polar surface area (TPSA) is 376 Å². The lowest BCUT2D eigenvalue weighted by Crippen LogP contribution is -2.67. The molecule has 0 unspecified atom stereocenters. The van der Waals surface area contributed by atoms with Gasteiger partial charge in [-0.1, -0.05) is 32.4 Å². The van der Waals surface area contributed by atoms with E-state index in [0.29, 0.717) is 32.1 Å². The number of rotatable bonds is 10. The van der Waals surface area contributed by atoms with Crippen LogP contribution in [0.2, 0.25) is 0 Å². The number of aliphatic hydroxyl groups excluding tert-OH is 14. The van der Waals surface area contributed by atoms with E-state index in [1.54, 1.807) is 13.8 Å². The van der Waals surface area contributed by atoms with Crippen LogP contribution in [0.3, 0.4) is 0 Å². The van der Waals surface area contributed by atoms with E-state index in [1.807, 2.05) is 0 Å². The molecular weight excluding hydrogens is 985 g/mol. The second kappa shape index (κ2) is 21.0. The third kappa shape index (κ3) is 9.08. The molecule has 0 aromatic heterocycles. The van der Waals surface area contributed by atoms with Crippen LogP contribution in [0.1, 0.15) is 73.1 Å². The van der Waals surface area contributed by atoms with E-state index >= 15 is 0 Å². The Kier molecular flexibility index (Phi) is 15.9. The maximum atomic E-state index is 11.9. The van der Waals surface area contributed by atoms with Crippen molar-refractivity contribution in [3.8, 4) is 0 Å². The molecule has 24 heteroatoms. The van der Waals surface area contributed by atoms with Crippen molar-refractivity contribution in [3.63, 3.8) is 0 Å². The molecule has 0 radical (unpaired) electrons. The fourth-order valence-electron chi connectivity index (χ4n) is 15.3. The zero-order valence-corrected chi connectivity index (χ0v) is 42.3. The molecule has 0 bridgehead atoms. The van der Waals surface area contributed by atoms with E-state index in [-0.39, 0.29) is 43.3 Å². The van der Waals surface area contributed by atoms with Crippen molar-refractivity contribution in [1.82, 2.24) is 0 Å². The number of ether oxygens (including phenoxy) is 10. The molecule has 24 nitrogen and oxygen atoms in total. The van der Waals surface area contributed by atoms with E-state index in [1.165, 1.54) is 6.92 Å². The Labute approximate surface area is 428 Å². The third-order valence-corrected chi connectivity index (χ3v) is 19.6. The van der Waals surface area contributed by atoms with Crippen LogP contribution in [0.4, 0.5) is 0 Å². The summed E-state index contributed by atoms with van der Waals surface area (Å²) in [6.07, 6.45) is -29.1. The van der Waals surface area contributed by atoms with Crippen LogP contribution in [-0.2, 0) is 47.4 Å². The second-order valence-corrected chi connectivity index (χ2v) is 23.7. The summed E-state index contributed by atoms with van der Waals surface area (Å²) in [4.78, 5) is 0. The smallest absolute Gasteiger partial charge is 0.202 e. The fourth-order valence-corrected chi connectivity index (χ4v) is 15.3. The highest BCUT2D eigenvalue weighted by atomic mass is 16.8. The van der Waals surface area contributed by atoms with Gasteiger partial charge in [-0.3, -0.25) is 0 Å².